The molecule has 4 heteroatoms. The molecular formula is C22H27NO3. The Morgan fingerprint density at radius 3 is 2.73 bits per heavy atom. The van der Waals surface area contributed by atoms with E-state index in [0.717, 1.165) is 31.6 Å². The van der Waals surface area contributed by atoms with Crippen LogP contribution in [0.3, 0.4) is 0 Å². The van der Waals surface area contributed by atoms with Crippen LogP contribution in [0.5, 0.6) is 5.75 Å². The Kier molecular flexibility index (Phi) is 3.67. The predicted molar refractivity (Wildman–Crippen MR) is 98.0 cm³/mol. The second-order valence-corrected chi connectivity index (χ2v) is 8.98. The quantitative estimate of drug-likeness (QED) is 0.881. The Bertz CT molecular complexity index is 752. The van der Waals surface area contributed by atoms with Gasteiger partial charge in [0.15, 0.2) is 5.78 Å². The zero-order chi connectivity index (χ0) is 17.9. The third-order valence-electron chi connectivity index (χ3n) is 7.30. The topological polar surface area (TPSA) is 55.4 Å². The van der Waals surface area contributed by atoms with Crippen LogP contribution in [0, 0.1) is 23.7 Å². The predicted octanol–water partition coefficient (Wildman–Crippen LogP) is 3.74. The van der Waals surface area contributed by atoms with Gasteiger partial charge in [-0.1, -0.05) is 19.1 Å². The molecule has 1 spiro atoms. The number of ether oxygens (including phenoxy) is 1. The molecule has 0 unspecified atom stereocenters. The lowest BCUT2D eigenvalue weighted by atomic mass is 9.84. The maximum absolute atomic E-state index is 12.9. The van der Waals surface area contributed by atoms with E-state index in [-0.39, 0.29) is 23.5 Å². The van der Waals surface area contributed by atoms with Crippen molar-refractivity contribution < 1.29 is 14.3 Å². The molecule has 1 heterocycles. The Labute approximate surface area is 154 Å². The van der Waals surface area contributed by atoms with Gasteiger partial charge >= 0.3 is 0 Å². The molecule has 1 aromatic carbocycles. The van der Waals surface area contributed by atoms with Gasteiger partial charge in [0, 0.05) is 17.9 Å². The number of rotatable bonds is 2. The summed E-state index contributed by atoms with van der Waals surface area (Å²) < 4.78 is 6.39. The number of ketones is 1. The van der Waals surface area contributed by atoms with Crippen molar-refractivity contribution in [1.29, 1.82) is 0 Å². The van der Waals surface area contributed by atoms with E-state index < -0.39 is 5.60 Å². The van der Waals surface area contributed by atoms with Gasteiger partial charge in [-0.2, -0.15) is 0 Å². The average molecular weight is 353 g/mol. The lowest BCUT2D eigenvalue weighted by Gasteiger charge is -2.37. The zero-order valence-electron chi connectivity index (χ0n) is 15.4. The summed E-state index contributed by atoms with van der Waals surface area (Å²) in [6.07, 6.45) is 6.94. The first kappa shape index (κ1) is 16.3. The van der Waals surface area contributed by atoms with Gasteiger partial charge in [0.05, 0.1) is 12.0 Å². The number of Topliss-reactive ketones (excluding diaryl/α,β-unsaturated/α-hetero) is 1. The normalized spacial score (nSPS) is 40.5. The molecule has 138 valence electrons. The molecule has 3 saturated carbocycles. The molecule has 1 amide bonds. The molecule has 5 rings (SSSR count). The number of amides is 1. The second-order valence-electron chi connectivity index (χ2n) is 8.98. The minimum Gasteiger partial charge on any atom is -0.486 e. The fourth-order valence-corrected chi connectivity index (χ4v) is 5.82. The maximum Gasteiger partial charge on any atom is 0.224 e. The highest BCUT2D eigenvalue weighted by atomic mass is 16.5. The van der Waals surface area contributed by atoms with Crippen LogP contribution in [0.4, 0.5) is 0 Å². The molecule has 4 aliphatic rings. The van der Waals surface area contributed by atoms with Crippen molar-refractivity contribution in [2.24, 2.45) is 23.7 Å². The van der Waals surface area contributed by atoms with Crippen LogP contribution in [0.25, 0.3) is 0 Å². The van der Waals surface area contributed by atoms with E-state index in [1.54, 1.807) is 0 Å². The molecule has 1 aromatic rings. The van der Waals surface area contributed by atoms with E-state index in [9.17, 15) is 9.59 Å². The number of fused-ring (bicyclic) bond motifs is 3. The van der Waals surface area contributed by atoms with Crippen molar-refractivity contribution in [3.05, 3.63) is 29.8 Å². The molecular weight excluding hydrogens is 326 g/mol. The summed E-state index contributed by atoms with van der Waals surface area (Å²) in [4.78, 5) is 25.5. The van der Waals surface area contributed by atoms with Crippen LogP contribution in [0.2, 0.25) is 0 Å². The van der Waals surface area contributed by atoms with E-state index in [0.29, 0.717) is 29.7 Å². The van der Waals surface area contributed by atoms with E-state index in [4.69, 9.17) is 4.74 Å². The van der Waals surface area contributed by atoms with E-state index in [2.05, 4.69) is 12.2 Å². The van der Waals surface area contributed by atoms with Gasteiger partial charge < -0.3 is 10.1 Å². The molecule has 0 radical (unpaired) electrons. The van der Waals surface area contributed by atoms with Gasteiger partial charge in [-0.15, -0.1) is 0 Å². The number of hydrogen-bond acceptors (Lipinski definition) is 3. The maximum atomic E-state index is 12.9. The van der Waals surface area contributed by atoms with Crippen LogP contribution >= 0.6 is 0 Å². The van der Waals surface area contributed by atoms with Gasteiger partial charge in [-0.3, -0.25) is 9.59 Å². The molecule has 1 aliphatic heterocycles. The number of carbonyl (C=O) groups is 2. The fourth-order valence-electron chi connectivity index (χ4n) is 5.82. The molecule has 0 bridgehead atoms. The summed E-state index contributed by atoms with van der Waals surface area (Å²) >= 11 is 0. The molecule has 0 saturated heterocycles. The van der Waals surface area contributed by atoms with Crippen LogP contribution in [0.1, 0.15) is 62.2 Å². The summed E-state index contributed by atoms with van der Waals surface area (Å²) in [5.41, 5.74) is 0.249. The summed E-state index contributed by atoms with van der Waals surface area (Å²) in [7, 11) is 0. The van der Waals surface area contributed by atoms with Crippen LogP contribution in [-0.4, -0.2) is 23.3 Å². The lowest BCUT2D eigenvalue weighted by Crippen LogP contribution is -2.45. The Hall–Kier alpha value is -1.84. The lowest BCUT2D eigenvalue weighted by molar-refractivity contribution is -0.125. The van der Waals surface area contributed by atoms with Gasteiger partial charge in [0.25, 0.3) is 0 Å². The van der Waals surface area contributed by atoms with Crippen molar-refractivity contribution in [3.63, 3.8) is 0 Å². The largest absolute Gasteiger partial charge is 0.486 e. The third kappa shape index (κ3) is 2.49. The highest BCUT2D eigenvalue weighted by Crippen LogP contribution is 2.65. The molecule has 26 heavy (non-hydrogen) atoms. The van der Waals surface area contributed by atoms with Crippen molar-refractivity contribution >= 4 is 11.7 Å². The highest BCUT2D eigenvalue weighted by Gasteiger charge is 2.70. The highest BCUT2D eigenvalue weighted by molar-refractivity contribution is 6.00. The standard InChI is InChI=1S/C22H27NO3/c1-13-6-8-14(9-7-13)23-21(25)19-16-10-11-22(20(16)19)12-17(24)15-4-2-3-5-18(15)26-22/h2-5,13-14,16,19-20H,6-12H2,1H3,(H,23,25)/t13?,14?,16-,19+,20-,22+/m0/s1. The van der Waals surface area contributed by atoms with E-state index >= 15 is 0 Å². The average Bonchev–Trinajstić information content (AvgIpc) is 3.29. The van der Waals surface area contributed by atoms with Crippen molar-refractivity contribution in [2.45, 2.75) is 63.5 Å². The van der Waals surface area contributed by atoms with Crippen molar-refractivity contribution in [2.75, 3.05) is 0 Å². The Balaban J connectivity index is 1.30. The Morgan fingerprint density at radius 1 is 1.15 bits per heavy atom. The first-order valence-electron chi connectivity index (χ1n) is 10.2. The number of benzene rings is 1. The van der Waals surface area contributed by atoms with Crippen LogP contribution < -0.4 is 10.1 Å². The molecule has 0 aromatic heterocycles. The van der Waals surface area contributed by atoms with Crippen LogP contribution in [0.15, 0.2) is 24.3 Å². The van der Waals surface area contributed by atoms with Gasteiger partial charge in [0.2, 0.25) is 5.91 Å². The fraction of sp³-hybridized carbons (Fsp3) is 0.636. The molecule has 4 atom stereocenters. The number of hydrogen-bond donors (Lipinski definition) is 1. The van der Waals surface area contributed by atoms with Crippen molar-refractivity contribution in [3.8, 4) is 5.75 Å². The molecule has 4 nitrogen and oxygen atoms in total. The summed E-state index contributed by atoms with van der Waals surface area (Å²) in [5.74, 6) is 2.51. The monoisotopic (exact) mass is 353 g/mol. The minimum atomic E-state index is -0.445. The number of nitrogens with one attached hydrogen (secondary N) is 1. The SMILES string of the molecule is CC1CCC(NC(=O)[C@@H]2[C@@H]3CC[C@@]4(CC(=O)c5ccccc5O4)[C@@H]32)CC1. The second kappa shape index (κ2) is 5.83. The van der Waals surface area contributed by atoms with E-state index in [1.165, 1.54) is 12.8 Å². The molecule has 3 fully saturated rings. The Morgan fingerprint density at radius 2 is 1.92 bits per heavy atom. The number of para-hydroxylation sites is 1. The summed E-state index contributed by atoms with van der Waals surface area (Å²) in [6.45, 7) is 2.29. The third-order valence-corrected chi connectivity index (χ3v) is 7.30. The summed E-state index contributed by atoms with van der Waals surface area (Å²) in [6, 6.07) is 7.87. The van der Waals surface area contributed by atoms with Crippen molar-refractivity contribution in [1.82, 2.24) is 5.32 Å². The smallest absolute Gasteiger partial charge is 0.224 e. The molecule has 1 N–H and O–H groups in total. The summed E-state index contributed by atoms with van der Waals surface area (Å²) in [5, 5.41) is 3.30. The molecule has 3 aliphatic carbocycles. The first-order chi connectivity index (χ1) is 12.6. The van der Waals surface area contributed by atoms with E-state index in [1.807, 2.05) is 24.3 Å². The van der Waals surface area contributed by atoms with Gasteiger partial charge in [-0.05, 0) is 62.5 Å². The first-order valence-corrected chi connectivity index (χ1v) is 10.2. The van der Waals surface area contributed by atoms with Crippen LogP contribution in [-0.2, 0) is 4.79 Å². The number of carbonyl (C=O) groups excluding carboxylic acids is 2. The van der Waals surface area contributed by atoms with Gasteiger partial charge in [-0.25, -0.2) is 0 Å². The zero-order valence-corrected chi connectivity index (χ0v) is 15.4. The minimum absolute atomic E-state index is 0.0427. The van der Waals surface area contributed by atoms with Gasteiger partial charge in [0.1, 0.15) is 11.4 Å².